The molecule has 0 radical (unpaired) electrons. The second-order valence-electron chi connectivity index (χ2n) is 6.22. The first-order valence-electron chi connectivity index (χ1n) is 8.09. The number of nitrogen functional groups attached to an aromatic ring is 1. The van der Waals surface area contributed by atoms with Gasteiger partial charge in [0, 0.05) is 20.6 Å². The summed E-state index contributed by atoms with van der Waals surface area (Å²) in [7, 11) is 4.61. The van der Waals surface area contributed by atoms with E-state index >= 15 is 0 Å². The lowest BCUT2D eigenvalue weighted by atomic mass is 10.1. The Bertz CT molecular complexity index is 884. The van der Waals surface area contributed by atoms with Crippen molar-refractivity contribution in [1.29, 1.82) is 0 Å². The Labute approximate surface area is 146 Å². The van der Waals surface area contributed by atoms with Crippen LogP contribution in [-0.2, 0) is 20.5 Å². The highest BCUT2D eigenvalue weighted by Gasteiger charge is 2.26. The maximum absolute atomic E-state index is 12.8. The third-order valence-electron chi connectivity index (χ3n) is 4.59. The fraction of sp³-hybridized carbons (Fsp3) is 0.389. The molecule has 25 heavy (non-hydrogen) atoms. The minimum Gasteiger partial charge on any atom is -0.384 e. The van der Waals surface area contributed by atoms with Crippen LogP contribution in [0.1, 0.15) is 22.8 Å². The molecule has 1 aromatic heterocycles. The van der Waals surface area contributed by atoms with Crippen LogP contribution in [0.5, 0.6) is 0 Å². The van der Waals surface area contributed by atoms with Crippen molar-refractivity contribution in [3.8, 4) is 0 Å². The molecule has 1 atom stereocenters. The fourth-order valence-corrected chi connectivity index (χ4v) is 2.64. The Morgan fingerprint density at radius 3 is 2.36 bits per heavy atom. The molecule has 0 unspecified atom stereocenters. The summed E-state index contributed by atoms with van der Waals surface area (Å²) < 4.78 is 2.02. The maximum atomic E-state index is 12.8. The van der Waals surface area contributed by atoms with E-state index in [-0.39, 0.29) is 17.2 Å². The fourth-order valence-electron chi connectivity index (χ4n) is 2.64. The van der Waals surface area contributed by atoms with Gasteiger partial charge in [-0.1, -0.05) is 30.3 Å². The van der Waals surface area contributed by atoms with Crippen LogP contribution < -0.4 is 17.0 Å². The van der Waals surface area contributed by atoms with Gasteiger partial charge < -0.3 is 5.73 Å². The molecule has 2 rings (SSSR count). The van der Waals surface area contributed by atoms with Gasteiger partial charge in [0.15, 0.2) is 5.78 Å². The van der Waals surface area contributed by atoms with Gasteiger partial charge in [-0.05, 0) is 26.0 Å². The number of hydrogen-bond donors (Lipinski definition) is 1. The normalized spacial score (nSPS) is 12.4. The molecule has 0 aliphatic heterocycles. The average Bonchev–Trinajstić information content (AvgIpc) is 2.63. The molecule has 0 bridgehead atoms. The number of rotatable bonds is 6. The number of carbonyl (C=O) groups is 1. The van der Waals surface area contributed by atoms with Gasteiger partial charge in [0.25, 0.3) is 5.56 Å². The third kappa shape index (κ3) is 3.71. The van der Waals surface area contributed by atoms with Gasteiger partial charge in [0.1, 0.15) is 11.4 Å². The van der Waals surface area contributed by atoms with Crippen LogP contribution in [0.4, 0.5) is 5.82 Å². The number of nitrogens with two attached hydrogens (primary N) is 1. The molecule has 0 amide bonds. The number of nitrogens with zero attached hydrogens (tertiary/aromatic N) is 3. The minimum atomic E-state index is -0.658. The summed E-state index contributed by atoms with van der Waals surface area (Å²) in [5, 5.41) is 0. The van der Waals surface area contributed by atoms with Crippen molar-refractivity contribution < 1.29 is 4.79 Å². The highest BCUT2D eigenvalue weighted by molar-refractivity contribution is 6.03. The summed E-state index contributed by atoms with van der Waals surface area (Å²) in [4.78, 5) is 38.9. The van der Waals surface area contributed by atoms with Crippen LogP contribution in [0, 0.1) is 0 Å². The molecule has 0 fully saturated rings. The molecular weight excluding hydrogens is 320 g/mol. The summed E-state index contributed by atoms with van der Waals surface area (Å²) in [5.41, 5.74) is 5.69. The van der Waals surface area contributed by atoms with Gasteiger partial charge in [0.05, 0.1) is 6.04 Å². The number of benzene rings is 1. The molecule has 0 aliphatic rings. The maximum Gasteiger partial charge on any atom is 0.332 e. The second-order valence-corrected chi connectivity index (χ2v) is 6.22. The summed E-state index contributed by atoms with van der Waals surface area (Å²) in [6.07, 6.45) is 0.787. The standard InChI is InChI=1S/C18H24N4O3/c1-12(20(2)11-10-13-8-6-5-7-9-13)15(23)14-16(19)21(3)18(25)22(4)17(14)24/h5-9,12H,10-11,19H2,1-4H3/t12-/m0/s1. The zero-order valence-corrected chi connectivity index (χ0v) is 15.0. The van der Waals surface area contributed by atoms with E-state index in [1.165, 1.54) is 19.7 Å². The Balaban J connectivity index is 2.23. The number of hydrogen-bond acceptors (Lipinski definition) is 5. The smallest absolute Gasteiger partial charge is 0.332 e. The molecule has 2 N–H and O–H groups in total. The Morgan fingerprint density at radius 2 is 1.76 bits per heavy atom. The first-order chi connectivity index (χ1) is 11.8. The van der Waals surface area contributed by atoms with Gasteiger partial charge in [-0.3, -0.25) is 23.6 Å². The monoisotopic (exact) mass is 344 g/mol. The molecule has 0 aliphatic carbocycles. The Morgan fingerprint density at radius 1 is 1.16 bits per heavy atom. The lowest BCUT2D eigenvalue weighted by molar-refractivity contribution is 0.0867. The highest BCUT2D eigenvalue weighted by Crippen LogP contribution is 2.11. The van der Waals surface area contributed by atoms with Crippen LogP contribution in [0.2, 0.25) is 0 Å². The Hall–Kier alpha value is -2.67. The van der Waals surface area contributed by atoms with Gasteiger partial charge in [-0.2, -0.15) is 0 Å². The SMILES string of the molecule is C[C@@H](C(=O)c1c(N)n(C)c(=O)n(C)c1=O)N(C)CCc1ccccc1. The molecule has 0 spiro atoms. The predicted octanol–water partition coefficient (Wildman–Crippen LogP) is 0.412. The number of aromatic nitrogens is 2. The van der Waals surface area contributed by atoms with E-state index in [2.05, 4.69) is 0 Å². The lowest BCUT2D eigenvalue weighted by Gasteiger charge is -2.24. The number of ketones is 1. The molecule has 7 nitrogen and oxygen atoms in total. The molecule has 7 heteroatoms. The van der Waals surface area contributed by atoms with Crippen LogP contribution in [0.15, 0.2) is 39.9 Å². The first-order valence-corrected chi connectivity index (χ1v) is 8.09. The summed E-state index contributed by atoms with van der Waals surface area (Å²) in [5.74, 6) is -0.481. The van der Waals surface area contributed by atoms with Crippen molar-refractivity contribution >= 4 is 11.6 Å². The number of carbonyl (C=O) groups excluding carboxylic acids is 1. The van der Waals surface area contributed by atoms with Gasteiger partial charge in [-0.15, -0.1) is 0 Å². The highest BCUT2D eigenvalue weighted by atomic mass is 16.2. The largest absolute Gasteiger partial charge is 0.384 e. The third-order valence-corrected chi connectivity index (χ3v) is 4.59. The van der Waals surface area contributed by atoms with E-state index in [0.717, 1.165) is 15.6 Å². The van der Waals surface area contributed by atoms with Crippen molar-refractivity contribution in [3.63, 3.8) is 0 Å². The zero-order valence-electron chi connectivity index (χ0n) is 15.0. The molecule has 0 saturated carbocycles. The molecular formula is C18H24N4O3. The van der Waals surface area contributed by atoms with Crippen LogP contribution >= 0.6 is 0 Å². The predicted molar refractivity (Wildman–Crippen MR) is 97.9 cm³/mol. The molecule has 134 valence electrons. The quantitative estimate of drug-likeness (QED) is 0.767. The zero-order chi connectivity index (χ0) is 18.7. The van der Waals surface area contributed by atoms with Gasteiger partial charge in [-0.25, -0.2) is 4.79 Å². The van der Waals surface area contributed by atoms with E-state index < -0.39 is 17.3 Å². The van der Waals surface area contributed by atoms with E-state index in [1.54, 1.807) is 6.92 Å². The number of anilines is 1. The van der Waals surface area contributed by atoms with E-state index in [0.29, 0.717) is 6.54 Å². The first kappa shape index (κ1) is 18.7. The van der Waals surface area contributed by atoms with Crippen molar-refractivity contribution in [2.24, 2.45) is 14.1 Å². The van der Waals surface area contributed by atoms with Crippen molar-refractivity contribution in [2.45, 2.75) is 19.4 Å². The van der Waals surface area contributed by atoms with Gasteiger partial charge >= 0.3 is 5.69 Å². The van der Waals surface area contributed by atoms with Crippen LogP contribution in [0.3, 0.4) is 0 Å². The Kier molecular flexibility index (Phi) is 5.58. The number of likely N-dealkylation sites (N-methyl/N-ethyl adjacent to an activating group) is 1. The van der Waals surface area contributed by atoms with Crippen molar-refractivity contribution in [2.75, 3.05) is 19.3 Å². The molecule has 1 heterocycles. The van der Waals surface area contributed by atoms with E-state index in [9.17, 15) is 14.4 Å². The molecule has 2 aromatic rings. The second kappa shape index (κ2) is 7.48. The average molecular weight is 344 g/mol. The van der Waals surface area contributed by atoms with E-state index in [4.69, 9.17) is 5.73 Å². The summed E-state index contributed by atoms with van der Waals surface area (Å²) in [6, 6.07) is 9.42. The topological polar surface area (TPSA) is 90.3 Å². The van der Waals surface area contributed by atoms with Crippen LogP contribution in [0.25, 0.3) is 0 Å². The van der Waals surface area contributed by atoms with Crippen molar-refractivity contribution in [3.05, 3.63) is 62.3 Å². The number of Topliss-reactive ketones (excluding diaryl/α,β-unsaturated/α-hetero) is 1. The summed E-state index contributed by atoms with van der Waals surface area (Å²) >= 11 is 0. The van der Waals surface area contributed by atoms with Crippen molar-refractivity contribution in [1.82, 2.24) is 14.0 Å². The molecule has 0 saturated heterocycles. The lowest BCUT2D eigenvalue weighted by Crippen LogP contribution is -2.45. The van der Waals surface area contributed by atoms with E-state index in [1.807, 2.05) is 42.3 Å². The van der Waals surface area contributed by atoms with Gasteiger partial charge in [0.2, 0.25) is 0 Å². The van der Waals surface area contributed by atoms with Crippen LogP contribution in [-0.4, -0.2) is 39.5 Å². The molecule has 1 aromatic carbocycles. The minimum absolute atomic E-state index is 0.0959. The summed E-state index contributed by atoms with van der Waals surface area (Å²) in [6.45, 7) is 2.39.